The Morgan fingerprint density at radius 2 is 2.06 bits per heavy atom. The Morgan fingerprint density at radius 1 is 1.33 bits per heavy atom. The fraction of sp³-hybridized carbons (Fsp3) is 0.333. The van der Waals surface area contributed by atoms with Crippen LogP contribution in [0.1, 0.15) is 13.3 Å². The summed E-state index contributed by atoms with van der Waals surface area (Å²) < 4.78 is 26.8. The van der Waals surface area contributed by atoms with E-state index in [1.54, 1.807) is 0 Å². The van der Waals surface area contributed by atoms with Gasteiger partial charge in [0.25, 0.3) is 0 Å². The number of rotatable bonds is 1. The van der Waals surface area contributed by atoms with Crippen molar-refractivity contribution < 1.29 is 18.4 Å². The molecule has 2 rings (SSSR count). The molecular weight excluding hydrogens is 242 g/mol. The van der Waals surface area contributed by atoms with Crippen molar-refractivity contribution in [3.8, 4) is 0 Å². The van der Waals surface area contributed by atoms with Gasteiger partial charge in [-0.3, -0.25) is 9.59 Å². The summed E-state index contributed by atoms with van der Waals surface area (Å²) in [6, 6.07) is 2.88. The van der Waals surface area contributed by atoms with Crippen LogP contribution >= 0.6 is 0 Å². The Hall–Kier alpha value is -1.98. The molecule has 18 heavy (non-hydrogen) atoms. The molecule has 1 saturated heterocycles. The van der Waals surface area contributed by atoms with Crippen molar-refractivity contribution in [2.45, 2.75) is 19.4 Å². The van der Waals surface area contributed by atoms with E-state index in [1.165, 1.54) is 19.1 Å². The highest BCUT2D eigenvalue weighted by atomic mass is 19.2. The molecule has 0 aromatic heterocycles. The number of anilines is 1. The summed E-state index contributed by atoms with van der Waals surface area (Å²) in [6.07, 6.45) is 0.0615. The lowest BCUT2D eigenvalue weighted by molar-refractivity contribution is -0.125. The number of amides is 2. The Kier molecular flexibility index (Phi) is 3.27. The van der Waals surface area contributed by atoms with Crippen molar-refractivity contribution in [1.29, 1.82) is 0 Å². The molecule has 1 aliphatic rings. The second kappa shape index (κ2) is 4.72. The molecule has 1 heterocycles. The fourth-order valence-electron chi connectivity index (χ4n) is 1.87. The molecule has 1 atom stereocenters. The summed E-state index contributed by atoms with van der Waals surface area (Å²) in [4.78, 5) is 24.4. The molecule has 1 unspecified atom stereocenters. The highest BCUT2D eigenvalue weighted by Gasteiger charge is 2.29. The van der Waals surface area contributed by atoms with Crippen molar-refractivity contribution in [3.63, 3.8) is 0 Å². The molecule has 0 bridgehead atoms. The monoisotopic (exact) mass is 254 g/mol. The van der Waals surface area contributed by atoms with E-state index >= 15 is 0 Å². The average molecular weight is 254 g/mol. The number of hydrogen-bond acceptors (Lipinski definition) is 2. The Labute approximate surface area is 103 Å². The van der Waals surface area contributed by atoms with Crippen LogP contribution in [0.3, 0.4) is 0 Å². The molecule has 1 aliphatic heterocycles. The number of halogens is 2. The molecule has 0 aliphatic carbocycles. The number of nitrogens with one attached hydrogen (secondary N) is 1. The van der Waals surface area contributed by atoms with Gasteiger partial charge in [0.2, 0.25) is 11.8 Å². The third-order valence-corrected chi connectivity index (χ3v) is 2.80. The minimum absolute atomic E-state index is 0.0371. The molecule has 0 saturated carbocycles. The van der Waals surface area contributed by atoms with Crippen molar-refractivity contribution in [1.82, 2.24) is 5.32 Å². The summed E-state index contributed by atoms with van der Waals surface area (Å²) in [6.45, 7) is 1.55. The zero-order valence-electron chi connectivity index (χ0n) is 9.74. The van der Waals surface area contributed by atoms with Crippen LogP contribution in [0.4, 0.5) is 14.5 Å². The summed E-state index contributed by atoms with van der Waals surface area (Å²) in [5, 5.41) is 2.48. The molecule has 4 nitrogen and oxygen atoms in total. The third-order valence-electron chi connectivity index (χ3n) is 2.80. The number of nitrogens with zero attached hydrogens (tertiary/aromatic N) is 1. The number of carbonyl (C=O) groups is 2. The van der Waals surface area contributed by atoms with Gasteiger partial charge < -0.3 is 10.2 Å². The highest BCUT2D eigenvalue weighted by Crippen LogP contribution is 2.23. The maximum atomic E-state index is 13.6. The zero-order valence-corrected chi connectivity index (χ0v) is 9.74. The minimum atomic E-state index is -1.08. The molecule has 1 fully saturated rings. The van der Waals surface area contributed by atoms with E-state index in [2.05, 4.69) is 5.32 Å². The molecule has 0 radical (unpaired) electrons. The van der Waals surface area contributed by atoms with Gasteiger partial charge in [0, 0.05) is 13.0 Å². The van der Waals surface area contributed by atoms with E-state index in [0.29, 0.717) is 0 Å². The Balaban J connectivity index is 2.39. The van der Waals surface area contributed by atoms with Crippen LogP contribution in [0, 0.1) is 11.6 Å². The van der Waals surface area contributed by atoms with Gasteiger partial charge in [-0.05, 0) is 19.1 Å². The molecule has 0 spiro atoms. The van der Waals surface area contributed by atoms with E-state index in [4.69, 9.17) is 0 Å². The third kappa shape index (κ3) is 2.18. The first-order valence-electron chi connectivity index (χ1n) is 5.55. The molecule has 1 N–H and O–H groups in total. The second-order valence-electron chi connectivity index (χ2n) is 4.10. The molecular formula is C12H12F2N2O2. The topological polar surface area (TPSA) is 49.4 Å². The van der Waals surface area contributed by atoms with Crippen LogP contribution < -0.4 is 10.2 Å². The maximum absolute atomic E-state index is 13.6. The smallest absolute Gasteiger partial charge is 0.249 e. The highest BCUT2D eigenvalue weighted by molar-refractivity contribution is 6.01. The molecule has 2 amide bonds. The number of hydrogen-bond donors (Lipinski definition) is 1. The summed E-state index contributed by atoms with van der Waals surface area (Å²) >= 11 is 0. The molecule has 1 aromatic rings. The lowest BCUT2D eigenvalue weighted by atomic mass is 10.2. The standard InChI is InChI=1S/C12H12F2N2O2/c1-7-12(18)16(6-5-10(17)15-7)9-4-2-3-8(13)11(9)14/h2-4,7H,5-6H2,1H3,(H,15,17). The Bertz CT molecular complexity index is 505. The summed E-state index contributed by atoms with van der Waals surface area (Å²) in [5.41, 5.74) is -0.136. The normalized spacial score (nSPS) is 20.6. The van der Waals surface area contributed by atoms with Gasteiger partial charge in [0.15, 0.2) is 11.6 Å². The lowest BCUT2D eigenvalue weighted by Gasteiger charge is -2.22. The van der Waals surface area contributed by atoms with E-state index < -0.39 is 23.6 Å². The molecule has 96 valence electrons. The van der Waals surface area contributed by atoms with Crippen molar-refractivity contribution >= 4 is 17.5 Å². The molecule has 6 heteroatoms. The maximum Gasteiger partial charge on any atom is 0.249 e. The van der Waals surface area contributed by atoms with E-state index in [1.807, 2.05) is 0 Å². The van der Waals surface area contributed by atoms with Gasteiger partial charge in [0.1, 0.15) is 6.04 Å². The summed E-state index contributed by atoms with van der Waals surface area (Å²) in [7, 11) is 0. The fourth-order valence-corrected chi connectivity index (χ4v) is 1.87. The van der Waals surface area contributed by atoms with Crippen molar-refractivity contribution in [2.75, 3.05) is 11.4 Å². The van der Waals surface area contributed by atoms with Gasteiger partial charge in [-0.1, -0.05) is 6.07 Å². The predicted octanol–water partition coefficient (Wildman–Crippen LogP) is 1.21. The van der Waals surface area contributed by atoms with Crippen LogP contribution in [-0.2, 0) is 9.59 Å². The number of benzene rings is 1. The van der Waals surface area contributed by atoms with E-state index in [9.17, 15) is 18.4 Å². The first kappa shape index (κ1) is 12.5. The zero-order chi connectivity index (χ0) is 13.3. The van der Waals surface area contributed by atoms with Crippen LogP contribution in [0.15, 0.2) is 18.2 Å². The summed E-state index contributed by atoms with van der Waals surface area (Å²) in [5.74, 6) is -2.83. The predicted molar refractivity (Wildman–Crippen MR) is 60.9 cm³/mol. The lowest BCUT2D eigenvalue weighted by Crippen LogP contribution is -2.43. The van der Waals surface area contributed by atoms with Gasteiger partial charge in [0.05, 0.1) is 5.69 Å². The van der Waals surface area contributed by atoms with Crippen LogP contribution in [0.25, 0.3) is 0 Å². The first-order valence-corrected chi connectivity index (χ1v) is 5.55. The van der Waals surface area contributed by atoms with Crippen LogP contribution in [0.5, 0.6) is 0 Å². The van der Waals surface area contributed by atoms with Crippen LogP contribution in [-0.4, -0.2) is 24.4 Å². The largest absolute Gasteiger partial charge is 0.345 e. The van der Waals surface area contributed by atoms with E-state index in [-0.39, 0.29) is 24.6 Å². The molecule has 1 aromatic carbocycles. The van der Waals surface area contributed by atoms with Crippen molar-refractivity contribution in [2.24, 2.45) is 0 Å². The Morgan fingerprint density at radius 3 is 2.78 bits per heavy atom. The van der Waals surface area contributed by atoms with Gasteiger partial charge >= 0.3 is 0 Å². The van der Waals surface area contributed by atoms with Gasteiger partial charge in [-0.15, -0.1) is 0 Å². The van der Waals surface area contributed by atoms with Gasteiger partial charge in [-0.25, -0.2) is 8.78 Å². The van der Waals surface area contributed by atoms with Gasteiger partial charge in [-0.2, -0.15) is 0 Å². The van der Waals surface area contributed by atoms with E-state index in [0.717, 1.165) is 11.0 Å². The SMILES string of the molecule is CC1NC(=O)CCN(c2cccc(F)c2F)C1=O. The first-order chi connectivity index (χ1) is 8.50. The van der Waals surface area contributed by atoms with Crippen LogP contribution in [0.2, 0.25) is 0 Å². The average Bonchev–Trinajstić information content (AvgIpc) is 2.44. The second-order valence-corrected chi connectivity index (χ2v) is 4.10. The minimum Gasteiger partial charge on any atom is -0.345 e. The quantitative estimate of drug-likeness (QED) is 0.818. The number of carbonyl (C=O) groups excluding carboxylic acids is 2. The van der Waals surface area contributed by atoms with Crippen molar-refractivity contribution in [3.05, 3.63) is 29.8 Å².